The minimum atomic E-state index is -4.02. The molecule has 0 radical (unpaired) electrons. The fourth-order valence-electron chi connectivity index (χ4n) is 1.72. The molecule has 0 aliphatic heterocycles. The second kappa shape index (κ2) is 9.72. The fraction of sp³-hybridized carbons (Fsp3) is 0.188. The number of sulfone groups is 1. The maximum absolute atomic E-state index is 11.7. The molecule has 26 heavy (non-hydrogen) atoms. The van der Waals surface area contributed by atoms with E-state index in [1.54, 1.807) is 42.5 Å². The highest BCUT2D eigenvalue weighted by atomic mass is 32.2. The second-order valence-corrected chi connectivity index (χ2v) is 9.80. The minimum Gasteiger partial charge on any atom is -0.379 e. The van der Waals surface area contributed by atoms with Crippen molar-refractivity contribution < 1.29 is 21.4 Å². The van der Waals surface area contributed by atoms with Gasteiger partial charge in [0.2, 0.25) is 0 Å². The van der Waals surface area contributed by atoms with Crippen LogP contribution < -0.4 is 5.73 Å². The summed E-state index contributed by atoms with van der Waals surface area (Å²) in [4.78, 5) is 0.247. The fourth-order valence-corrected chi connectivity index (χ4v) is 4.44. The summed E-state index contributed by atoms with van der Waals surface area (Å²) in [6.07, 6.45) is 0. The number of hydrogen-bond donors (Lipinski definition) is 3. The number of hydrogen-bond acceptors (Lipinski definition) is 6. The SMILES string of the molecule is Cc1ccc(S(=O)(=O)O)cc1.N=C(N)SCCS(=O)(=O)c1ccccc1. The zero-order valence-corrected chi connectivity index (χ0v) is 16.4. The molecule has 7 nitrogen and oxygen atoms in total. The monoisotopic (exact) mass is 416 g/mol. The molecule has 0 bridgehead atoms. The highest BCUT2D eigenvalue weighted by Gasteiger charge is 2.13. The Morgan fingerprint density at radius 1 is 1.00 bits per heavy atom. The lowest BCUT2D eigenvalue weighted by Crippen LogP contribution is -2.12. The predicted octanol–water partition coefficient (Wildman–Crippen LogP) is 2.33. The summed E-state index contributed by atoms with van der Waals surface area (Å²) in [6, 6.07) is 14.3. The molecule has 2 aromatic carbocycles. The Morgan fingerprint density at radius 2 is 1.54 bits per heavy atom. The van der Waals surface area contributed by atoms with Crippen molar-refractivity contribution in [2.24, 2.45) is 5.73 Å². The first-order chi connectivity index (χ1) is 12.0. The van der Waals surface area contributed by atoms with E-state index >= 15 is 0 Å². The van der Waals surface area contributed by atoms with Crippen molar-refractivity contribution in [1.82, 2.24) is 0 Å². The second-order valence-electron chi connectivity index (χ2n) is 5.13. The maximum Gasteiger partial charge on any atom is 0.294 e. The summed E-state index contributed by atoms with van der Waals surface area (Å²) in [5.41, 5.74) is 6.07. The Hall–Kier alpha value is -1.88. The molecule has 0 amide bonds. The number of amidine groups is 1. The number of rotatable bonds is 5. The van der Waals surface area contributed by atoms with Crippen molar-refractivity contribution in [2.45, 2.75) is 16.7 Å². The van der Waals surface area contributed by atoms with Gasteiger partial charge in [0.15, 0.2) is 15.0 Å². The van der Waals surface area contributed by atoms with Gasteiger partial charge in [-0.05, 0) is 31.2 Å². The molecule has 0 atom stereocenters. The van der Waals surface area contributed by atoms with Gasteiger partial charge in [0, 0.05) is 5.75 Å². The van der Waals surface area contributed by atoms with Crippen molar-refractivity contribution in [3.8, 4) is 0 Å². The molecule has 0 unspecified atom stereocenters. The molecule has 2 aromatic rings. The van der Waals surface area contributed by atoms with Gasteiger partial charge in [-0.15, -0.1) is 0 Å². The Labute approximate surface area is 157 Å². The molecular weight excluding hydrogens is 396 g/mol. The normalized spacial score (nSPS) is 11.3. The molecule has 0 saturated heterocycles. The van der Waals surface area contributed by atoms with Crippen molar-refractivity contribution in [3.05, 3.63) is 60.2 Å². The van der Waals surface area contributed by atoms with Gasteiger partial charge in [0.05, 0.1) is 15.5 Å². The Bertz CT molecular complexity index is 926. The first-order valence-corrected chi connectivity index (χ1v) is 11.4. The van der Waals surface area contributed by atoms with Crippen molar-refractivity contribution in [2.75, 3.05) is 11.5 Å². The lowest BCUT2D eigenvalue weighted by molar-refractivity contribution is 0.483. The van der Waals surface area contributed by atoms with Crippen LogP contribution in [0.3, 0.4) is 0 Å². The minimum absolute atomic E-state index is 0.00125. The summed E-state index contributed by atoms with van der Waals surface area (Å²) in [6.45, 7) is 1.84. The smallest absolute Gasteiger partial charge is 0.294 e. The lowest BCUT2D eigenvalue weighted by atomic mass is 10.2. The van der Waals surface area contributed by atoms with Gasteiger partial charge in [0.1, 0.15) is 0 Å². The molecule has 0 aromatic heterocycles. The van der Waals surface area contributed by atoms with Crippen LogP contribution in [0.1, 0.15) is 5.56 Å². The summed E-state index contributed by atoms with van der Waals surface area (Å²) >= 11 is 1.03. The molecule has 0 heterocycles. The molecule has 0 saturated carbocycles. The van der Waals surface area contributed by atoms with Crippen LogP contribution in [0, 0.1) is 12.3 Å². The van der Waals surface area contributed by atoms with Gasteiger partial charge in [-0.1, -0.05) is 47.7 Å². The van der Waals surface area contributed by atoms with E-state index in [-0.39, 0.29) is 15.8 Å². The molecule has 4 N–H and O–H groups in total. The molecule has 0 aliphatic carbocycles. The average Bonchev–Trinajstić information content (AvgIpc) is 2.55. The van der Waals surface area contributed by atoms with Crippen LogP contribution in [0.15, 0.2) is 64.4 Å². The van der Waals surface area contributed by atoms with Crippen LogP contribution in [0.4, 0.5) is 0 Å². The molecule has 142 valence electrons. The average molecular weight is 417 g/mol. The maximum atomic E-state index is 11.7. The Kier molecular flexibility index (Phi) is 8.28. The van der Waals surface area contributed by atoms with E-state index in [2.05, 4.69) is 0 Å². The standard InChI is InChI=1S/C9H12N2O2S2.C7H8O3S/c10-9(11)14-6-7-15(12,13)8-4-2-1-3-5-8;1-6-2-4-7(5-3-6)11(8,9)10/h1-5H,6-7H2,(H3,10,11);2-5H,1H3,(H,8,9,10). The third-order valence-corrected chi connectivity index (χ3v) is 6.61. The molecule has 0 fully saturated rings. The largest absolute Gasteiger partial charge is 0.379 e. The predicted molar refractivity (Wildman–Crippen MR) is 104 cm³/mol. The van der Waals surface area contributed by atoms with E-state index in [1.807, 2.05) is 6.92 Å². The molecule has 2 rings (SSSR count). The van der Waals surface area contributed by atoms with Crippen LogP contribution in [-0.2, 0) is 20.0 Å². The summed E-state index contributed by atoms with van der Waals surface area (Å²) in [5.74, 6) is 0.313. The van der Waals surface area contributed by atoms with E-state index in [9.17, 15) is 16.8 Å². The van der Waals surface area contributed by atoms with E-state index in [0.717, 1.165) is 17.3 Å². The Balaban J connectivity index is 0.000000273. The van der Waals surface area contributed by atoms with Crippen molar-refractivity contribution in [1.29, 1.82) is 5.41 Å². The van der Waals surface area contributed by atoms with Crippen LogP contribution in [0.25, 0.3) is 0 Å². The van der Waals surface area contributed by atoms with Gasteiger partial charge >= 0.3 is 0 Å². The summed E-state index contributed by atoms with van der Waals surface area (Å²) < 4.78 is 52.9. The van der Waals surface area contributed by atoms with Crippen molar-refractivity contribution >= 4 is 36.9 Å². The molecule has 0 aliphatic rings. The van der Waals surface area contributed by atoms with Crippen LogP contribution in [0.2, 0.25) is 0 Å². The molecule has 0 spiro atoms. The van der Waals surface area contributed by atoms with Gasteiger partial charge in [-0.3, -0.25) is 9.96 Å². The number of benzene rings is 2. The van der Waals surface area contributed by atoms with Crippen LogP contribution in [-0.4, -0.2) is 38.1 Å². The van der Waals surface area contributed by atoms with Gasteiger partial charge in [-0.25, -0.2) is 8.42 Å². The highest BCUT2D eigenvalue weighted by molar-refractivity contribution is 8.14. The quantitative estimate of drug-likeness (QED) is 0.386. The van der Waals surface area contributed by atoms with Crippen LogP contribution in [0.5, 0.6) is 0 Å². The Morgan fingerprint density at radius 3 is 2.00 bits per heavy atom. The van der Waals surface area contributed by atoms with E-state index in [1.165, 1.54) is 12.1 Å². The third kappa shape index (κ3) is 8.00. The van der Waals surface area contributed by atoms with Gasteiger partial charge < -0.3 is 5.73 Å². The van der Waals surface area contributed by atoms with Gasteiger partial charge in [0.25, 0.3) is 10.1 Å². The van der Waals surface area contributed by atoms with E-state index in [4.69, 9.17) is 15.7 Å². The topological polar surface area (TPSA) is 138 Å². The first kappa shape index (κ1) is 22.2. The highest BCUT2D eigenvalue weighted by Crippen LogP contribution is 2.12. The third-order valence-electron chi connectivity index (χ3n) is 3.03. The number of nitrogens with two attached hydrogens (primary N) is 1. The molecule has 10 heteroatoms. The molecular formula is C16H20N2O5S3. The summed E-state index contributed by atoms with van der Waals surface area (Å²) in [5, 5.41) is 6.90. The summed E-state index contributed by atoms with van der Waals surface area (Å²) in [7, 11) is -7.25. The van der Waals surface area contributed by atoms with Crippen molar-refractivity contribution in [3.63, 3.8) is 0 Å². The van der Waals surface area contributed by atoms with E-state index < -0.39 is 20.0 Å². The van der Waals surface area contributed by atoms with Gasteiger partial charge in [-0.2, -0.15) is 8.42 Å². The van der Waals surface area contributed by atoms with Crippen LogP contribution >= 0.6 is 11.8 Å². The van der Waals surface area contributed by atoms with E-state index in [0.29, 0.717) is 10.6 Å². The number of aryl methyl sites for hydroxylation is 1. The lowest BCUT2D eigenvalue weighted by Gasteiger charge is -2.02. The zero-order chi connectivity index (χ0) is 19.8. The zero-order valence-electron chi connectivity index (χ0n) is 14.0. The number of thioether (sulfide) groups is 1. The first-order valence-electron chi connectivity index (χ1n) is 7.31. The number of nitrogens with one attached hydrogen (secondary N) is 1.